The van der Waals surface area contributed by atoms with Crippen LogP contribution in [0.5, 0.6) is 5.75 Å². The number of aliphatic hydroxyl groups is 1. The van der Waals surface area contributed by atoms with Crippen LogP contribution in [0.4, 0.5) is 0 Å². The van der Waals surface area contributed by atoms with E-state index in [-0.39, 0.29) is 0 Å². The fraction of sp³-hybridized carbons (Fsp3) is 0.600. The monoisotopic (exact) mass is 249 g/mol. The normalized spacial score (nSPS) is 17.9. The van der Waals surface area contributed by atoms with Crippen molar-refractivity contribution in [3.05, 3.63) is 29.8 Å². The van der Waals surface area contributed by atoms with E-state index in [0.717, 1.165) is 24.3 Å². The Balaban J connectivity index is 1.77. The number of benzene rings is 1. The van der Waals surface area contributed by atoms with Crippen LogP contribution in [-0.4, -0.2) is 24.8 Å². The molecule has 1 fully saturated rings. The Morgan fingerprint density at radius 2 is 2.17 bits per heavy atom. The largest absolute Gasteiger partial charge is 0.497 e. The highest BCUT2D eigenvalue weighted by atomic mass is 16.5. The minimum Gasteiger partial charge on any atom is -0.497 e. The summed E-state index contributed by atoms with van der Waals surface area (Å²) in [5.74, 6) is 0.801. The highest BCUT2D eigenvalue weighted by molar-refractivity contribution is 5.29. The van der Waals surface area contributed by atoms with Gasteiger partial charge in [-0.05, 0) is 43.5 Å². The number of rotatable bonds is 6. The first-order chi connectivity index (χ1) is 8.79. The third-order valence-electron chi connectivity index (χ3n) is 3.68. The Kier molecular flexibility index (Phi) is 5.02. The van der Waals surface area contributed by atoms with Gasteiger partial charge in [0.25, 0.3) is 0 Å². The lowest BCUT2D eigenvalue weighted by molar-refractivity contribution is 0.165. The molecular weight excluding hydrogens is 226 g/mol. The molecule has 1 aliphatic carbocycles. The second-order valence-electron chi connectivity index (χ2n) is 5.02. The number of hydrogen-bond donors (Lipinski definition) is 2. The molecule has 0 bridgehead atoms. The summed E-state index contributed by atoms with van der Waals surface area (Å²) in [5, 5.41) is 13.6. The maximum Gasteiger partial charge on any atom is 0.119 e. The van der Waals surface area contributed by atoms with Gasteiger partial charge < -0.3 is 15.2 Å². The van der Waals surface area contributed by atoms with E-state index in [9.17, 15) is 5.11 Å². The molecule has 0 heterocycles. The van der Waals surface area contributed by atoms with Crippen LogP contribution in [0.3, 0.4) is 0 Å². The van der Waals surface area contributed by atoms with Crippen molar-refractivity contribution < 1.29 is 9.84 Å². The minimum absolute atomic E-state index is 0.408. The predicted octanol–water partition coefficient (Wildman–Crippen LogP) is 2.65. The molecule has 2 N–H and O–H groups in total. The van der Waals surface area contributed by atoms with Crippen molar-refractivity contribution in [2.45, 2.75) is 44.2 Å². The zero-order chi connectivity index (χ0) is 12.8. The van der Waals surface area contributed by atoms with Gasteiger partial charge in [-0.2, -0.15) is 0 Å². The van der Waals surface area contributed by atoms with Crippen LogP contribution >= 0.6 is 0 Å². The molecule has 1 aromatic rings. The molecule has 0 amide bonds. The lowest BCUT2D eigenvalue weighted by atomic mass is 10.1. The van der Waals surface area contributed by atoms with E-state index in [1.807, 2.05) is 24.3 Å². The molecule has 0 spiro atoms. The van der Waals surface area contributed by atoms with Gasteiger partial charge >= 0.3 is 0 Å². The van der Waals surface area contributed by atoms with Gasteiger partial charge in [0.15, 0.2) is 0 Å². The van der Waals surface area contributed by atoms with Gasteiger partial charge in [0.2, 0.25) is 0 Å². The third kappa shape index (κ3) is 3.72. The molecule has 100 valence electrons. The highest BCUT2D eigenvalue weighted by Gasteiger charge is 2.15. The van der Waals surface area contributed by atoms with Gasteiger partial charge in [-0.15, -0.1) is 0 Å². The Morgan fingerprint density at radius 1 is 1.39 bits per heavy atom. The van der Waals surface area contributed by atoms with E-state index >= 15 is 0 Å². The number of aliphatic hydroxyl groups excluding tert-OH is 1. The topological polar surface area (TPSA) is 41.5 Å². The molecule has 3 heteroatoms. The molecule has 0 aliphatic heterocycles. The van der Waals surface area contributed by atoms with E-state index in [0.29, 0.717) is 6.04 Å². The molecular formula is C15H23NO2. The van der Waals surface area contributed by atoms with Crippen LogP contribution in [0.25, 0.3) is 0 Å². The van der Waals surface area contributed by atoms with E-state index in [1.165, 1.54) is 25.7 Å². The standard InChI is InChI=1S/C15H23NO2/c1-18-14-8-4-5-12(11-14)15(17)9-10-16-13-6-2-3-7-13/h4-5,8,11,13,15-17H,2-3,6-7,9-10H2,1H3. The molecule has 1 saturated carbocycles. The second-order valence-corrected chi connectivity index (χ2v) is 5.02. The molecule has 1 aliphatic rings. The maximum absolute atomic E-state index is 10.1. The number of methoxy groups -OCH3 is 1. The predicted molar refractivity (Wildman–Crippen MR) is 72.8 cm³/mol. The average molecular weight is 249 g/mol. The molecule has 1 atom stereocenters. The van der Waals surface area contributed by atoms with E-state index < -0.39 is 6.10 Å². The maximum atomic E-state index is 10.1. The van der Waals surface area contributed by atoms with Gasteiger partial charge in [0.1, 0.15) is 5.75 Å². The summed E-state index contributed by atoms with van der Waals surface area (Å²) < 4.78 is 5.16. The van der Waals surface area contributed by atoms with Crippen LogP contribution in [-0.2, 0) is 0 Å². The van der Waals surface area contributed by atoms with Crippen LogP contribution in [0.1, 0.15) is 43.8 Å². The second kappa shape index (κ2) is 6.76. The number of nitrogens with one attached hydrogen (secondary N) is 1. The van der Waals surface area contributed by atoms with Gasteiger partial charge in [-0.3, -0.25) is 0 Å². The van der Waals surface area contributed by atoms with Gasteiger partial charge in [0.05, 0.1) is 13.2 Å². The van der Waals surface area contributed by atoms with Crippen molar-refractivity contribution >= 4 is 0 Å². The van der Waals surface area contributed by atoms with E-state index in [2.05, 4.69) is 5.32 Å². The molecule has 3 nitrogen and oxygen atoms in total. The van der Waals surface area contributed by atoms with Crippen LogP contribution in [0, 0.1) is 0 Å². The Labute approximate surface area is 109 Å². The van der Waals surface area contributed by atoms with Crippen molar-refractivity contribution in [3.63, 3.8) is 0 Å². The molecule has 0 aromatic heterocycles. The van der Waals surface area contributed by atoms with Crippen molar-refractivity contribution in [2.24, 2.45) is 0 Å². The van der Waals surface area contributed by atoms with E-state index in [4.69, 9.17) is 4.74 Å². The van der Waals surface area contributed by atoms with Gasteiger partial charge in [-0.25, -0.2) is 0 Å². The van der Waals surface area contributed by atoms with Crippen LogP contribution < -0.4 is 10.1 Å². The first kappa shape index (κ1) is 13.4. The summed E-state index contributed by atoms with van der Waals surface area (Å²) in [6.07, 6.45) is 5.61. The fourth-order valence-corrected chi connectivity index (χ4v) is 2.57. The lowest BCUT2D eigenvalue weighted by Crippen LogP contribution is -2.27. The zero-order valence-electron chi connectivity index (χ0n) is 11.1. The molecule has 18 heavy (non-hydrogen) atoms. The summed E-state index contributed by atoms with van der Waals surface area (Å²) in [5.41, 5.74) is 0.933. The van der Waals surface area contributed by atoms with Crippen molar-refractivity contribution in [1.29, 1.82) is 0 Å². The number of ether oxygens (including phenoxy) is 1. The Morgan fingerprint density at radius 3 is 2.89 bits per heavy atom. The van der Waals surface area contributed by atoms with Crippen molar-refractivity contribution in [1.82, 2.24) is 5.32 Å². The molecule has 2 rings (SSSR count). The molecule has 1 aromatic carbocycles. The summed E-state index contributed by atoms with van der Waals surface area (Å²) >= 11 is 0. The Hall–Kier alpha value is -1.06. The first-order valence-electron chi connectivity index (χ1n) is 6.85. The van der Waals surface area contributed by atoms with E-state index in [1.54, 1.807) is 7.11 Å². The molecule has 0 radical (unpaired) electrons. The summed E-state index contributed by atoms with van der Waals surface area (Å²) in [6, 6.07) is 8.33. The highest BCUT2D eigenvalue weighted by Crippen LogP contribution is 2.22. The third-order valence-corrected chi connectivity index (χ3v) is 3.68. The average Bonchev–Trinajstić information content (AvgIpc) is 2.92. The smallest absolute Gasteiger partial charge is 0.119 e. The van der Waals surface area contributed by atoms with Gasteiger partial charge in [-0.1, -0.05) is 25.0 Å². The number of hydrogen-bond acceptors (Lipinski definition) is 3. The fourth-order valence-electron chi connectivity index (χ4n) is 2.57. The summed E-state index contributed by atoms with van der Waals surface area (Å²) in [4.78, 5) is 0. The SMILES string of the molecule is COc1cccc(C(O)CCNC2CCCC2)c1. The quantitative estimate of drug-likeness (QED) is 0.814. The van der Waals surface area contributed by atoms with Crippen LogP contribution in [0.2, 0.25) is 0 Å². The first-order valence-corrected chi connectivity index (χ1v) is 6.85. The zero-order valence-corrected chi connectivity index (χ0v) is 11.1. The lowest BCUT2D eigenvalue weighted by Gasteiger charge is -2.15. The Bertz CT molecular complexity index is 361. The van der Waals surface area contributed by atoms with Gasteiger partial charge in [0, 0.05) is 6.04 Å². The van der Waals surface area contributed by atoms with Crippen molar-refractivity contribution in [2.75, 3.05) is 13.7 Å². The molecule has 0 saturated heterocycles. The van der Waals surface area contributed by atoms with Crippen LogP contribution in [0.15, 0.2) is 24.3 Å². The minimum atomic E-state index is -0.408. The summed E-state index contributed by atoms with van der Waals surface area (Å²) in [6.45, 7) is 0.878. The molecule has 1 unspecified atom stereocenters. The summed E-state index contributed by atoms with van der Waals surface area (Å²) in [7, 11) is 1.65. The van der Waals surface area contributed by atoms with Crippen molar-refractivity contribution in [3.8, 4) is 5.75 Å².